The summed E-state index contributed by atoms with van der Waals surface area (Å²) in [5.41, 5.74) is 1.12. The highest BCUT2D eigenvalue weighted by molar-refractivity contribution is 7.18. The van der Waals surface area contributed by atoms with Crippen molar-refractivity contribution in [1.29, 1.82) is 0 Å². The second-order valence-corrected chi connectivity index (χ2v) is 8.60. The van der Waals surface area contributed by atoms with E-state index in [0.29, 0.717) is 18.4 Å². The van der Waals surface area contributed by atoms with Gasteiger partial charge in [-0.25, -0.2) is 4.98 Å². The van der Waals surface area contributed by atoms with Gasteiger partial charge in [-0.1, -0.05) is 25.0 Å². The zero-order chi connectivity index (χ0) is 17.1. The quantitative estimate of drug-likeness (QED) is 0.915. The molecule has 2 aromatic rings. The maximum Gasteiger partial charge on any atom is 0.277 e. The van der Waals surface area contributed by atoms with Crippen LogP contribution in [-0.2, 0) is 4.79 Å². The molecule has 2 saturated heterocycles. The van der Waals surface area contributed by atoms with Gasteiger partial charge in [0.1, 0.15) is 5.01 Å². The van der Waals surface area contributed by atoms with Crippen molar-refractivity contribution in [3.63, 3.8) is 0 Å². The fraction of sp³-hybridized carbons (Fsp3) is 0.600. The van der Waals surface area contributed by atoms with Crippen LogP contribution in [0.3, 0.4) is 0 Å². The molecule has 1 unspecified atom stereocenters. The number of aromatic nitrogens is 1. The normalized spacial score (nSPS) is 25.0. The maximum absolute atomic E-state index is 12.7. The number of carbonyl (C=O) groups excluding carboxylic acids is 1. The molecule has 1 N–H and O–H groups in total. The molecule has 4 rings (SSSR count). The molecule has 1 aromatic carbocycles. The van der Waals surface area contributed by atoms with Crippen molar-refractivity contribution in [3.8, 4) is 0 Å². The molecule has 25 heavy (non-hydrogen) atoms. The molecule has 0 radical (unpaired) electrons. The standard InChI is InChI=1S/C20H27N3OS/c24-19(23-12-5-1-2-6-13-23)15-22-11-7-8-16(14-22)20-21-17-9-3-4-10-18(17)25-20/h3-4,9-10,16H,1-2,5-8,11-15H2/p+1/t16-/m0/s1. The fourth-order valence-corrected chi connectivity index (χ4v) is 5.33. The van der Waals surface area contributed by atoms with Crippen molar-refractivity contribution in [3.05, 3.63) is 29.3 Å². The second kappa shape index (κ2) is 7.83. The van der Waals surface area contributed by atoms with Crippen LogP contribution in [0.2, 0.25) is 0 Å². The number of hydrogen-bond acceptors (Lipinski definition) is 3. The van der Waals surface area contributed by atoms with E-state index in [-0.39, 0.29) is 0 Å². The van der Waals surface area contributed by atoms with E-state index in [0.717, 1.165) is 31.7 Å². The number of fused-ring (bicyclic) bond motifs is 1. The van der Waals surface area contributed by atoms with Crippen LogP contribution in [0.25, 0.3) is 10.2 Å². The number of benzene rings is 1. The van der Waals surface area contributed by atoms with Crippen molar-refractivity contribution < 1.29 is 9.69 Å². The second-order valence-electron chi connectivity index (χ2n) is 7.53. The summed E-state index contributed by atoms with van der Waals surface area (Å²) < 4.78 is 1.28. The molecule has 1 aromatic heterocycles. The summed E-state index contributed by atoms with van der Waals surface area (Å²) >= 11 is 1.84. The number of rotatable bonds is 3. The minimum absolute atomic E-state index is 0.363. The van der Waals surface area contributed by atoms with E-state index in [4.69, 9.17) is 4.98 Å². The smallest absolute Gasteiger partial charge is 0.277 e. The van der Waals surface area contributed by atoms with Gasteiger partial charge in [0, 0.05) is 13.1 Å². The molecule has 5 heteroatoms. The Hall–Kier alpha value is -1.46. The zero-order valence-electron chi connectivity index (χ0n) is 14.9. The van der Waals surface area contributed by atoms with Crippen LogP contribution in [-0.4, -0.2) is 48.5 Å². The summed E-state index contributed by atoms with van der Waals surface area (Å²) in [6.07, 6.45) is 7.31. The molecule has 0 spiro atoms. The first-order valence-electron chi connectivity index (χ1n) is 9.76. The lowest BCUT2D eigenvalue weighted by atomic mass is 9.98. The number of thiazole rings is 1. The predicted molar refractivity (Wildman–Crippen MR) is 102 cm³/mol. The van der Waals surface area contributed by atoms with Gasteiger partial charge in [0.15, 0.2) is 6.54 Å². The lowest BCUT2D eigenvalue weighted by Gasteiger charge is -2.30. The number of quaternary nitrogens is 1. The Morgan fingerprint density at radius 1 is 1.16 bits per heavy atom. The largest absolute Gasteiger partial charge is 0.338 e. The van der Waals surface area contributed by atoms with E-state index >= 15 is 0 Å². The van der Waals surface area contributed by atoms with Gasteiger partial charge in [-0.3, -0.25) is 4.79 Å². The first kappa shape index (κ1) is 17.0. The van der Waals surface area contributed by atoms with Crippen molar-refractivity contribution >= 4 is 27.5 Å². The number of piperidine rings is 1. The fourth-order valence-electron chi connectivity index (χ4n) is 4.23. The van der Waals surface area contributed by atoms with E-state index in [1.165, 1.54) is 53.1 Å². The van der Waals surface area contributed by atoms with Crippen LogP contribution < -0.4 is 4.90 Å². The van der Waals surface area contributed by atoms with Crippen LogP contribution in [0, 0.1) is 0 Å². The summed E-state index contributed by atoms with van der Waals surface area (Å²) in [4.78, 5) is 21.1. The average molecular weight is 359 g/mol. The molecule has 2 aliphatic rings. The Kier molecular flexibility index (Phi) is 5.32. The average Bonchev–Trinajstić information content (AvgIpc) is 2.88. The predicted octanol–water partition coefficient (Wildman–Crippen LogP) is 2.46. The Labute approximate surface area is 153 Å². The summed E-state index contributed by atoms with van der Waals surface area (Å²) in [6.45, 7) is 4.78. The SMILES string of the molecule is O=C(C[NH+]1CCC[C@H](c2nc3ccccc3s2)C1)N1CCCCCC1. The molecule has 134 valence electrons. The van der Waals surface area contributed by atoms with Crippen LogP contribution in [0.1, 0.15) is 49.5 Å². The highest BCUT2D eigenvalue weighted by atomic mass is 32.1. The Morgan fingerprint density at radius 2 is 1.96 bits per heavy atom. The van der Waals surface area contributed by atoms with Crippen LogP contribution >= 0.6 is 11.3 Å². The third-order valence-electron chi connectivity index (χ3n) is 5.64. The Balaban J connectivity index is 1.39. The van der Waals surface area contributed by atoms with Crippen molar-refractivity contribution in [2.75, 3.05) is 32.7 Å². The lowest BCUT2D eigenvalue weighted by molar-refractivity contribution is -0.898. The van der Waals surface area contributed by atoms with Gasteiger partial charge in [0.25, 0.3) is 5.91 Å². The molecule has 4 nitrogen and oxygen atoms in total. The highest BCUT2D eigenvalue weighted by Crippen LogP contribution is 2.30. The number of nitrogens with one attached hydrogen (secondary N) is 1. The highest BCUT2D eigenvalue weighted by Gasteiger charge is 2.29. The molecule has 2 atom stereocenters. The molecule has 1 amide bonds. The monoisotopic (exact) mass is 358 g/mol. The number of nitrogens with zero attached hydrogens (tertiary/aromatic N) is 2. The van der Waals surface area contributed by atoms with E-state index < -0.39 is 0 Å². The summed E-state index contributed by atoms with van der Waals surface area (Å²) in [5, 5.41) is 1.26. The van der Waals surface area contributed by atoms with Crippen LogP contribution in [0.4, 0.5) is 0 Å². The molecule has 0 aliphatic carbocycles. The molecule has 0 saturated carbocycles. The minimum atomic E-state index is 0.363. The Morgan fingerprint density at radius 3 is 2.76 bits per heavy atom. The first-order chi connectivity index (χ1) is 12.3. The maximum atomic E-state index is 12.7. The van der Waals surface area contributed by atoms with Gasteiger partial charge >= 0.3 is 0 Å². The third-order valence-corrected chi connectivity index (χ3v) is 6.84. The topological polar surface area (TPSA) is 37.6 Å². The molecule has 0 bridgehead atoms. The number of hydrogen-bond donors (Lipinski definition) is 1. The van der Waals surface area contributed by atoms with E-state index in [9.17, 15) is 4.79 Å². The summed E-state index contributed by atoms with van der Waals surface area (Å²) in [6, 6.07) is 8.41. The van der Waals surface area contributed by atoms with Crippen LogP contribution in [0.15, 0.2) is 24.3 Å². The number of carbonyl (C=O) groups is 1. The van der Waals surface area contributed by atoms with Gasteiger partial charge in [-0.15, -0.1) is 11.3 Å². The number of para-hydroxylation sites is 1. The Bertz CT molecular complexity index is 688. The molecule has 2 aliphatic heterocycles. The van der Waals surface area contributed by atoms with Gasteiger partial charge in [0.05, 0.1) is 29.2 Å². The third kappa shape index (κ3) is 4.04. The molecular formula is C20H28N3OS+. The van der Waals surface area contributed by atoms with Crippen molar-refractivity contribution in [2.24, 2.45) is 0 Å². The molecule has 3 heterocycles. The van der Waals surface area contributed by atoms with Gasteiger partial charge in [-0.05, 0) is 37.8 Å². The molecular weight excluding hydrogens is 330 g/mol. The zero-order valence-corrected chi connectivity index (χ0v) is 15.7. The minimum Gasteiger partial charge on any atom is -0.338 e. The lowest BCUT2D eigenvalue weighted by Crippen LogP contribution is -3.14. The number of amides is 1. The van der Waals surface area contributed by atoms with Crippen molar-refractivity contribution in [2.45, 2.75) is 44.4 Å². The first-order valence-corrected chi connectivity index (χ1v) is 10.6. The summed E-state index contributed by atoms with van der Waals surface area (Å²) in [5.74, 6) is 0.875. The summed E-state index contributed by atoms with van der Waals surface area (Å²) in [7, 11) is 0. The van der Waals surface area contributed by atoms with Gasteiger partial charge in [-0.2, -0.15) is 0 Å². The molecule has 2 fully saturated rings. The van der Waals surface area contributed by atoms with Crippen molar-refractivity contribution in [1.82, 2.24) is 9.88 Å². The van der Waals surface area contributed by atoms with Gasteiger partial charge < -0.3 is 9.80 Å². The number of likely N-dealkylation sites (tertiary alicyclic amines) is 2. The van der Waals surface area contributed by atoms with E-state index in [2.05, 4.69) is 29.2 Å². The van der Waals surface area contributed by atoms with Crippen LogP contribution in [0.5, 0.6) is 0 Å². The van der Waals surface area contributed by atoms with Gasteiger partial charge in [0.2, 0.25) is 0 Å². The van der Waals surface area contributed by atoms with E-state index in [1.807, 2.05) is 11.3 Å². The van der Waals surface area contributed by atoms with E-state index in [1.54, 1.807) is 0 Å².